The Labute approximate surface area is 143 Å². The van der Waals surface area contributed by atoms with E-state index in [-0.39, 0.29) is 5.91 Å². The standard InChI is InChI=1S/C17H17N3OS2/c21-16(4-3-15-2-1-11-22-15)19-10-7-14-12-23-17(20-14)13-5-8-18-9-6-13/h1-2,5-6,8-9,11-12H,3-4,7,10H2,(H,19,21). The monoisotopic (exact) mass is 343 g/mol. The minimum atomic E-state index is 0.1000. The van der Waals surface area contributed by atoms with Gasteiger partial charge in [0.05, 0.1) is 5.69 Å². The van der Waals surface area contributed by atoms with Gasteiger partial charge in [0, 0.05) is 47.6 Å². The molecule has 3 aromatic heterocycles. The van der Waals surface area contributed by atoms with Crippen LogP contribution in [0.4, 0.5) is 0 Å². The summed E-state index contributed by atoms with van der Waals surface area (Å²) >= 11 is 3.31. The van der Waals surface area contributed by atoms with Crippen molar-refractivity contribution < 1.29 is 4.79 Å². The molecule has 118 valence electrons. The van der Waals surface area contributed by atoms with E-state index in [9.17, 15) is 4.79 Å². The van der Waals surface area contributed by atoms with Gasteiger partial charge in [-0.1, -0.05) is 6.07 Å². The zero-order valence-electron chi connectivity index (χ0n) is 12.6. The molecular formula is C17H17N3OS2. The van der Waals surface area contributed by atoms with Crippen LogP contribution in [0.5, 0.6) is 0 Å². The summed E-state index contributed by atoms with van der Waals surface area (Å²) in [5.41, 5.74) is 2.09. The second-order valence-corrected chi connectivity index (χ2v) is 6.95. The maximum Gasteiger partial charge on any atom is 0.220 e. The van der Waals surface area contributed by atoms with Gasteiger partial charge in [0.25, 0.3) is 0 Å². The van der Waals surface area contributed by atoms with Crippen LogP contribution in [0.3, 0.4) is 0 Å². The molecule has 23 heavy (non-hydrogen) atoms. The van der Waals surface area contributed by atoms with E-state index < -0.39 is 0 Å². The van der Waals surface area contributed by atoms with E-state index in [0.29, 0.717) is 13.0 Å². The third-order valence-corrected chi connectivity index (χ3v) is 5.24. The maximum absolute atomic E-state index is 11.8. The molecule has 0 spiro atoms. The van der Waals surface area contributed by atoms with Crippen molar-refractivity contribution in [2.24, 2.45) is 0 Å². The first-order valence-corrected chi connectivity index (χ1v) is 9.21. The fourth-order valence-electron chi connectivity index (χ4n) is 2.16. The Morgan fingerprint density at radius 3 is 2.78 bits per heavy atom. The molecule has 0 fully saturated rings. The topological polar surface area (TPSA) is 54.9 Å². The summed E-state index contributed by atoms with van der Waals surface area (Å²) in [4.78, 5) is 21.7. The number of thiophene rings is 1. The van der Waals surface area contributed by atoms with Gasteiger partial charge in [-0.15, -0.1) is 22.7 Å². The van der Waals surface area contributed by atoms with Crippen molar-refractivity contribution in [3.63, 3.8) is 0 Å². The SMILES string of the molecule is O=C(CCc1cccs1)NCCc1csc(-c2ccncc2)n1. The van der Waals surface area contributed by atoms with E-state index in [1.54, 1.807) is 35.1 Å². The van der Waals surface area contributed by atoms with Crippen LogP contribution >= 0.6 is 22.7 Å². The van der Waals surface area contributed by atoms with Gasteiger partial charge >= 0.3 is 0 Å². The number of amides is 1. The summed E-state index contributed by atoms with van der Waals surface area (Å²) in [6, 6.07) is 7.98. The number of aryl methyl sites for hydroxylation is 1. The van der Waals surface area contributed by atoms with Crippen molar-refractivity contribution >= 4 is 28.6 Å². The molecular weight excluding hydrogens is 326 g/mol. The van der Waals surface area contributed by atoms with E-state index in [1.165, 1.54) is 4.88 Å². The fourth-order valence-corrected chi connectivity index (χ4v) is 3.73. The highest BCUT2D eigenvalue weighted by Gasteiger charge is 2.06. The fraction of sp³-hybridized carbons (Fsp3) is 0.235. The molecule has 0 bridgehead atoms. The highest BCUT2D eigenvalue weighted by atomic mass is 32.1. The number of nitrogens with zero attached hydrogens (tertiary/aromatic N) is 2. The molecule has 0 aliphatic carbocycles. The summed E-state index contributed by atoms with van der Waals surface area (Å²) in [6.45, 7) is 0.628. The number of carbonyl (C=O) groups is 1. The maximum atomic E-state index is 11.8. The zero-order valence-corrected chi connectivity index (χ0v) is 14.2. The van der Waals surface area contributed by atoms with Crippen LogP contribution in [-0.4, -0.2) is 22.4 Å². The Hall–Kier alpha value is -2.05. The predicted molar refractivity (Wildman–Crippen MR) is 94.7 cm³/mol. The number of hydrogen-bond acceptors (Lipinski definition) is 5. The number of rotatable bonds is 7. The lowest BCUT2D eigenvalue weighted by molar-refractivity contribution is -0.121. The van der Waals surface area contributed by atoms with E-state index in [1.807, 2.05) is 29.0 Å². The summed E-state index contributed by atoms with van der Waals surface area (Å²) < 4.78 is 0. The predicted octanol–water partition coefficient (Wildman–Crippen LogP) is 3.56. The van der Waals surface area contributed by atoms with Crippen molar-refractivity contribution in [2.75, 3.05) is 6.54 Å². The van der Waals surface area contributed by atoms with Crippen LogP contribution in [0.25, 0.3) is 10.6 Å². The molecule has 1 amide bonds. The molecule has 4 nitrogen and oxygen atoms in total. The van der Waals surface area contributed by atoms with Gasteiger partial charge in [0.2, 0.25) is 5.91 Å². The van der Waals surface area contributed by atoms with Crippen molar-refractivity contribution in [3.8, 4) is 10.6 Å². The molecule has 0 atom stereocenters. The normalized spacial score (nSPS) is 10.6. The number of carbonyl (C=O) groups excluding carboxylic acids is 1. The second kappa shape index (κ2) is 7.99. The number of aromatic nitrogens is 2. The van der Waals surface area contributed by atoms with Crippen LogP contribution in [0.1, 0.15) is 17.0 Å². The first-order valence-electron chi connectivity index (χ1n) is 7.45. The third-order valence-electron chi connectivity index (χ3n) is 3.36. The lowest BCUT2D eigenvalue weighted by atomic mass is 10.2. The van der Waals surface area contributed by atoms with E-state index in [2.05, 4.69) is 21.4 Å². The van der Waals surface area contributed by atoms with Crippen molar-refractivity contribution in [1.29, 1.82) is 0 Å². The molecule has 1 N–H and O–H groups in total. The first-order chi connectivity index (χ1) is 11.3. The minimum Gasteiger partial charge on any atom is -0.356 e. The quantitative estimate of drug-likeness (QED) is 0.714. The van der Waals surface area contributed by atoms with Crippen molar-refractivity contribution in [3.05, 3.63) is 58.0 Å². The zero-order chi connectivity index (χ0) is 15.9. The van der Waals surface area contributed by atoms with E-state index in [0.717, 1.165) is 29.1 Å². The molecule has 3 heterocycles. The van der Waals surface area contributed by atoms with Crippen LogP contribution in [0, 0.1) is 0 Å². The first kappa shape index (κ1) is 15.8. The molecule has 0 saturated heterocycles. The summed E-state index contributed by atoms with van der Waals surface area (Å²) in [5.74, 6) is 0.1000. The molecule has 0 aliphatic heterocycles. The van der Waals surface area contributed by atoms with E-state index in [4.69, 9.17) is 0 Å². The van der Waals surface area contributed by atoms with Gasteiger partial charge in [-0.25, -0.2) is 4.98 Å². The van der Waals surface area contributed by atoms with Gasteiger partial charge in [0.1, 0.15) is 5.01 Å². The molecule has 0 unspecified atom stereocenters. The molecule has 0 aromatic carbocycles. The van der Waals surface area contributed by atoms with E-state index >= 15 is 0 Å². The van der Waals surface area contributed by atoms with Crippen molar-refractivity contribution in [1.82, 2.24) is 15.3 Å². The van der Waals surface area contributed by atoms with Crippen LogP contribution in [0.2, 0.25) is 0 Å². The highest BCUT2D eigenvalue weighted by Crippen LogP contribution is 2.22. The summed E-state index contributed by atoms with van der Waals surface area (Å²) in [6.07, 6.45) is 5.65. The van der Waals surface area contributed by atoms with Crippen LogP contribution < -0.4 is 5.32 Å². The molecule has 0 saturated carbocycles. The summed E-state index contributed by atoms with van der Waals surface area (Å²) in [7, 11) is 0. The Bertz CT molecular complexity index is 738. The highest BCUT2D eigenvalue weighted by molar-refractivity contribution is 7.13. The Morgan fingerprint density at radius 1 is 1.13 bits per heavy atom. The van der Waals surface area contributed by atoms with Crippen LogP contribution in [-0.2, 0) is 17.6 Å². The van der Waals surface area contributed by atoms with Gasteiger partial charge in [-0.05, 0) is 30.0 Å². The summed E-state index contributed by atoms with van der Waals surface area (Å²) in [5, 5.41) is 8.04. The average Bonchev–Trinajstić information content (AvgIpc) is 3.26. The van der Waals surface area contributed by atoms with Crippen LogP contribution in [0.15, 0.2) is 47.4 Å². The molecule has 3 rings (SSSR count). The van der Waals surface area contributed by atoms with Gasteiger partial charge in [-0.2, -0.15) is 0 Å². The number of nitrogens with one attached hydrogen (secondary N) is 1. The largest absolute Gasteiger partial charge is 0.356 e. The number of hydrogen-bond donors (Lipinski definition) is 1. The third kappa shape index (κ3) is 4.71. The molecule has 6 heteroatoms. The van der Waals surface area contributed by atoms with Gasteiger partial charge in [-0.3, -0.25) is 9.78 Å². The minimum absolute atomic E-state index is 0.1000. The molecule has 0 aliphatic rings. The average molecular weight is 343 g/mol. The number of thiazole rings is 1. The Balaban J connectivity index is 1.42. The van der Waals surface area contributed by atoms with Crippen molar-refractivity contribution in [2.45, 2.75) is 19.3 Å². The number of pyridine rings is 1. The second-order valence-electron chi connectivity index (χ2n) is 5.06. The smallest absolute Gasteiger partial charge is 0.220 e. The Kier molecular flexibility index (Phi) is 5.50. The van der Waals surface area contributed by atoms with Gasteiger partial charge < -0.3 is 5.32 Å². The Morgan fingerprint density at radius 2 is 2.00 bits per heavy atom. The van der Waals surface area contributed by atoms with Gasteiger partial charge in [0.15, 0.2) is 0 Å². The lowest BCUT2D eigenvalue weighted by Crippen LogP contribution is -2.25. The lowest BCUT2D eigenvalue weighted by Gasteiger charge is -2.03. The molecule has 3 aromatic rings. The molecule has 0 radical (unpaired) electrons.